The van der Waals surface area contributed by atoms with Gasteiger partial charge in [0, 0.05) is 13.7 Å². The number of phenols is 1. The molecule has 1 unspecified atom stereocenters. The Kier molecular flexibility index (Phi) is 8.06. The minimum absolute atomic E-state index is 0.0381. The second-order valence-electron chi connectivity index (χ2n) is 7.06. The highest BCUT2D eigenvalue weighted by Crippen LogP contribution is 2.39. The van der Waals surface area contributed by atoms with E-state index in [2.05, 4.69) is 10.6 Å². The molecule has 0 amide bonds. The number of hydrogen-bond acceptors (Lipinski definition) is 9. The lowest BCUT2D eigenvalue weighted by Crippen LogP contribution is -2.41. The lowest BCUT2D eigenvalue weighted by Gasteiger charge is -2.25. The quantitative estimate of drug-likeness (QED) is 0.253. The molecule has 0 saturated heterocycles. The molecule has 172 valence electrons. The number of ether oxygens (including phenoxy) is 1. The van der Waals surface area contributed by atoms with Crippen LogP contribution in [0.5, 0.6) is 5.75 Å². The summed E-state index contributed by atoms with van der Waals surface area (Å²) < 4.78 is 31.1. The van der Waals surface area contributed by atoms with Crippen molar-refractivity contribution in [2.45, 2.75) is 31.7 Å². The first-order chi connectivity index (χ1) is 14.5. The zero-order valence-electron chi connectivity index (χ0n) is 17.9. The van der Waals surface area contributed by atoms with Crippen LogP contribution in [0.2, 0.25) is 5.02 Å². The molecule has 0 aliphatic rings. The number of halogens is 1. The van der Waals surface area contributed by atoms with Gasteiger partial charge in [0.1, 0.15) is 16.3 Å². The summed E-state index contributed by atoms with van der Waals surface area (Å²) >= 11 is 6.00. The highest BCUT2D eigenvalue weighted by atomic mass is 35.5. The van der Waals surface area contributed by atoms with Crippen molar-refractivity contribution in [3.05, 3.63) is 37.6 Å². The lowest BCUT2D eigenvalue weighted by molar-refractivity contribution is -0.0259. The molecule has 0 fully saturated rings. The fraction of sp³-hybridized carbons (Fsp3) is 0.474. The minimum Gasteiger partial charge on any atom is -0.504 e. The number of aromatic hydroxyl groups is 1. The average molecular weight is 476 g/mol. The number of nitrogens with zero attached hydrogens (tertiary/aromatic N) is 1. The minimum atomic E-state index is -4.29. The van der Waals surface area contributed by atoms with Gasteiger partial charge in [-0.15, -0.1) is 0 Å². The Morgan fingerprint density at radius 1 is 1.19 bits per heavy atom. The van der Waals surface area contributed by atoms with Crippen LogP contribution >= 0.6 is 11.6 Å². The van der Waals surface area contributed by atoms with E-state index in [1.54, 1.807) is 0 Å². The van der Waals surface area contributed by atoms with E-state index in [1.165, 1.54) is 12.1 Å². The summed E-state index contributed by atoms with van der Waals surface area (Å²) in [5.41, 5.74) is -1.68. The van der Waals surface area contributed by atoms with Gasteiger partial charge in [0.2, 0.25) is 0 Å². The molecule has 2 aromatic carbocycles. The van der Waals surface area contributed by atoms with Crippen LogP contribution in [-0.2, 0) is 19.6 Å². The van der Waals surface area contributed by atoms with Crippen LogP contribution < -0.4 is 21.5 Å². The van der Waals surface area contributed by atoms with E-state index in [1.807, 2.05) is 20.8 Å². The predicted molar refractivity (Wildman–Crippen MR) is 118 cm³/mol. The number of rotatable bonds is 11. The van der Waals surface area contributed by atoms with E-state index < -0.39 is 31.5 Å². The lowest BCUT2D eigenvalue weighted by atomic mass is 10.0. The molecule has 0 radical (unpaired) electrons. The van der Waals surface area contributed by atoms with Crippen LogP contribution in [0.3, 0.4) is 0 Å². The van der Waals surface area contributed by atoms with Crippen molar-refractivity contribution >= 4 is 38.7 Å². The van der Waals surface area contributed by atoms with Gasteiger partial charge in [-0.2, -0.15) is 0 Å². The summed E-state index contributed by atoms with van der Waals surface area (Å²) in [5.74, 6) is -0.626. The predicted octanol–water partition coefficient (Wildman–Crippen LogP) is 2.04. The first kappa shape index (κ1) is 25.1. The topological polar surface area (TPSA) is 134 Å². The third-order valence-electron chi connectivity index (χ3n) is 4.74. The third kappa shape index (κ3) is 5.01. The summed E-state index contributed by atoms with van der Waals surface area (Å²) in [6.45, 7) is 6.53. The normalized spacial score (nSPS) is 13.2. The zero-order chi connectivity index (χ0) is 23.5. The van der Waals surface area contributed by atoms with Gasteiger partial charge in [-0.25, -0.2) is 8.42 Å². The maximum absolute atomic E-state index is 12.6. The molecule has 2 rings (SSSR count). The van der Waals surface area contributed by atoms with Crippen molar-refractivity contribution in [3.63, 3.8) is 0 Å². The van der Waals surface area contributed by atoms with E-state index >= 15 is 0 Å². The van der Waals surface area contributed by atoms with Crippen LogP contribution in [0, 0.1) is 5.92 Å². The molecule has 0 bridgehead atoms. The van der Waals surface area contributed by atoms with Crippen LogP contribution in [0.1, 0.15) is 20.8 Å². The molecule has 0 saturated carbocycles. The van der Waals surface area contributed by atoms with Gasteiger partial charge in [-0.3, -0.25) is 14.4 Å². The fourth-order valence-electron chi connectivity index (χ4n) is 2.73. The van der Waals surface area contributed by atoms with Crippen molar-refractivity contribution in [2.75, 3.05) is 38.0 Å². The molecule has 2 aromatic rings. The van der Waals surface area contributed by atoms with Crippen molar-refractivity contribution in [2.24, 2.45) is 5.92 Å². The molecule has 12 heteroatoms. The second-order valence-corrected chi connectivity index (χ2v) is 9.34. The Morgan fingerprint density at radius 2 is 1.81 bits per heavy atom. The summed E-state index contributed by atoms with van der Waals surface area (Å²) in [6.07, 6.45) is 0. The SMILES string of the molecule is CCOCC(Nc1c(Nc2ccc(Cl)c(S(=O)(=O)N(C)OC)c2O)c(=O)c1=O)C(C)C. The van der Waals surface area contributed by atoms with Crippen LogP contribution in [-0.4, -0.2) is 51.4 Å². The van der Waals surface area contributed by atoms with Crippen LogP contribution in [0.4, 0.5) is 17.1 Å². The average Bonchev–Trinajstić information content (AvgIpc) is 2.72. The van der Waals surface area contributed by atoms with E-state index in [4.69, 9.17) is 21.2 Å². The number of hydrogen-bond donors (Lipinski definition) is 3. The highest BCUT2D eigenvalue weighted by molar-refractivity contribution is 7.89. The van der Waals surface area contributed by atoms with Crippen LogP contribution in [0.15, 0.2) is 26.6 Å². The Balaban J connectivity index is 2.43. The number of sulfonamides is 1. The number of phenolic OH excluding ortho intramolecular Hbond substituents is 1. The van der Waals surface area contributed by atoms with Gasteiger partial charge in [-0.1, -0.05) is 29.9 Å². The monoisotopic (exact) mass is 475 g/mol. The van der Waals surface area contributed by atoms with Crippen molar-refractivity contribution in [3.8, 4) is 5.75 Å². The number of hydroxylamine groups is 1. The van der Waals surface area contributed by atoms with Crippen molar-refractivity contribution in [1.82, 2.24) is 4.47 Å². The molecule has 31 heavy (non-hydrogen) atoms. The number of anilines is 3. The molecular formula is C19H26ClN3O7S. The largest absolute Gasteiger partial charge is 0.504 e. The van der Waals surface area contributed by atoms with E-state index in [9.17, 15) is 23.1 Å². The molecular weight excluding hydrogens is 450 g/mol. The van der Waals surface area contributed by atoms with Gasteiger partial charge < -0.3 is 20.5 Å². The third-order valence-corrected chi connectivity index (χ3v) is 6.93. The van der Waals surface area contributed by atoms with Gasteiger partial charge in [0.25, 0.3) is 20.9 Å². The maximum Gasteiger partial charge on any atom is 0.269 e. The molecule has 0 heterocycles. The van der Waals surface area contributed by atoms with Crippen molar-refractivity contribution in [1.29, 1.82) is 0 Å². The first-order valence-electron chi connectivity index (χ1n) is 9.46. The van der Waals surface area contributed by atoms with E-state index in [-0.39, 0.29) is 34.0 Å². The number of nitrogens with one attached hydrogen (secondary N) is 2. The van der Waals surface area contributed by atoms with Gasteiger partial charge in [-0.05, 0) is 25.0 Å². The summed E-state index contributed by atoms with van der Waals surface area (Å²) in [4.78, 5) is 28.4. The Bertz CT molecular complexity index is 1110. The standard InChI is InChI=1S/C19H26ClN3O7S/c1-6-30-9-13(10(2)3)22-15-14(17(25)18(15)26)21-12-8-7-11(20)19(16(12)24)31(27,28)23(4)29-5/h7-8,10,13,21-22,24H,6,9H2,1-5H3. The van der Waals surface area contributed by atoms with Gasteiger partial charge >= 0.3 is 0 Å². The van der Waals surface area contributed by atoms with E-state index in [0.717, 1.165) is 14.2 Å². The van der Waals surface area contributed by atoms with Gasteiger partial charge in [0.15, 0.2) is 5.75 Å². The molecule has 10 nitrogen and oxygen atoms in total. The second kappa shape index (κ2) is 9.96. The summed E-state index contributed by atoms with van der Waals surface area (Å²) in [6, 6.07) is 2.29. The van der Waals surface area contributed by atoms with Gasteiger partial charge in [0.05, 0.1) is 30.5 Å². The van der Waals surface area contributed by atoms with Crippen molar-refractivity contribution < 1.29 is 23.1 Å². The Morgan fingerprint density at radius 3 is 2.35 bits per heavy atom. The zero-order valence-corrected chi connectivity index (χ0v) is 19.4. The number of benzene rings is 1. The molecule has 0 spiro atoms. The maximum atomic E-state index is 12.6. The molecule has 0 aliphatic carbocycles. The Hall–Kier alpha value is -2.18. The Labute approximate surface area is 185 Å². The molecule has 0 aliphatic heterocycles. The summed E-state index contributed by atoms with van der Waals surface area (Å²) in [7, 11) is -2.02. The highest BCUT2D eigenvalue weighted by Gasteiger charge is 2.31. The molecule has 1 atom stereocenters. The van der Waals surface area contributed by atoms with Crippen LogP contribution in [0.25, 0.3) is 0 Å². The molecule has 3 N–H and O–H groups in total. The fourth-order valence-corrected chi connectivity index (χ4v) is 4.30. The first-order valence-corrected chi connectivity index (χ1v) is 11.3. The molecule has 0 aromatic heterocycles. The summed E-state index contributed by atoms with van der Waals surface area (Å²) in [5, 5.41) is 16.0. The van der Waals surface area contributed by atoms with E-state index in [0.29, 0.717) is 17.7 Å². The smallest absolute Gasteiger partial charge is 0.269 e.